The van der Waals surface area contributed by atoms with Crippen LogP contribution in [-0.4, -0.2) is 9.67 Å². The molecule has 1 heterocycles. The third-order valence-corrected chi connectivity index (χ3v) is 1.27. The molecule has 0 saturated heterocycles. The van der Waals surface area contributed by atoms with Crippen LogP contribution in [0.25, 0.3) is 0 Å². The van der Waals surface area contributed by atoms with Crippen molar-refractivity contribution >= 4 is 0 Å². The maximum Gasteiger partial charge on any atom is 0.421 e. The average molecular weight is 129 g/mol. The summed E-state index contributed by atoms with van der Waals surface area (Å²) in [6.45, 7) is 1.60. The van der Waals surface area contributed by atoms with Gasteiger partial charge in [0.25, 0.3) is 0 Å². The summed E-state index contributed by atoms with van der Waals surface area (Å²) >= 11 is 0. The second-order valence-electron chi connectivity index (χ2n) is 1.82. The lowest BCUT2D eigenvalue weighted by molar-refractivity contribution is 0.316. The zero-order chi connectivity index (χ0) is 7.02. The highest BCUT2D eigenvalue weighted by Crippen LogP contribution is 2.10. The number of nitrogens with zero attached hydrogens (tertiary/aromatic N) is 1. The number of oxazole rings is 1. The predicted molar refractivity (Wildman–Crippen MR) is 30.4 cm³/mol. The normalized spacial score (nSPS) is 10.0. The van der Waals surface area contributed by atoms with Crippen molar-refractivity contribution in [2.75, 3.05) is 0 Å². The first-order chi connectivity index (χ1) is 4.13. The van der Waals surface area contributed by atoms with Crippen LogP contribution >= 0.6 is 0 Å². The first kappa shape index (κ1) is 5.94. The van der Waals surface area contributed by atoms with Gasteiger partial charge in [0, 0.05) is 7.05 Å². The average Bonchev–Trinajstić information content (AvgIpc) is 1.98. The second kappa shape index (κ2) is 1.65. The first-order valence-electron chi connectivity index (χ1n) is 2.48. The van der Waals surface area contributed by atoms with Crippen LogP contribution in [0, 0.1) is 6.92 Å². The minimum Gasteiger partial charge on any atom is -0.479 e. The molecular weight excluding hydrogens is 122 g/mol. The van der Waals surface area contributed by atoms with E-state index in [1.54, 1.807) is 6.92 Å². The van der Waals surface area contributed by atoms with Crippen LogP contribution < -0.4 is 5.76 Å². The van der Waals surface area contributed by atoms with E-state index in [0.717, 1.165) is 0 Å². The summed E-state index contributed by atoms with van der Waals surface area (Å²) in [4.78, 5) is 10.5. The third-order valence-electron chi connectivity index (χ3n) is 1.27. The fourth-order valence-corrected chi connectivity index (χ4v) is 0.505. The van der Waals surface area contributed by atoms with E-state index in [4.69, 9.17) is 5.11 Å². The van der Waals surface area contributed by atoms with Crippen LogP contribution in [0.3, 0.4) is 0 Å². The monoisotopic (exact) mass is 129 g/mol. The molecule has 0 aliphatic rings. The summed E-state index contributed by atoms with van der Waals surface area (Å²) in [5.74, 6) is -0.840. The predicted octanol–water partition coefficient (Wildman–Crippen LogP) is -0.00768. The maximum atomic E-state index is 10.5. The molecule has 0 aliphatic carbocycles. The molecule has 0 fully saturated rings. The van der Waals surface area contributed by atoms with Gasteiger partial charge in [-0.3, -0.25) is 4.57 Å². The fraction of sp³-hybridized carbons (Fsp3) is 0.400. The van der Waals surface area contributed by atoms with Gasteiger partial charge in [0.1, 0.15) is 5.69 Å². The summed E-state index contributed by atoms with van der Waals surface area (Å²) in [7, 11) is 1.53. The number of aromatic nitrogens is 1. The number of rotatable bonds is 0. The molecular formula is C5H7NO3. The fourth-order valence-electron chi connectivity index (χ4n) is 0.505. The van der Waals surface area contributed by atoms with E-state index < -0.39 is 5.76 Å². The van der Waals surface area contributed by atoms with E-state index in [-0.39, 0.29) is 5.95 Å². The minimum absolute atomic E-state index is 0.303. The molecule has 0 bridgehead atoms. The highest BCUT2D eigenvalue weighted by molar-refractivity contribution is 5.10. The topological polar surface area (TPSA) is 55.4 Å². The molecule has 1 rings (SSSR count). The highest BCUT2D eigenvalue weighted by Gasteiger charge is 2.05. The van der Waals surface area contributed by atoms with Crippen molar-refractivity contribution in [2.24, 2.45) is 7.05 Å². The molecule has 1 aromatic heterocycles. The Morgan fingerprint density at radius 1 is 1.67 bits per heavy atom. The SMILES string of the molecule is Cc1c(O)oc(=O)n1C. The summed E-state index contributed by atoms with van der Waals surface area (Å²) in [5, 5.41) is 8.73. The molecule has 1 aromatic rings. The van der Waals surface area contributed by atoms with Gasteiger partial charge in [-0.2, -0.15) is 0 Å². The van der Waals surface area contributed by atoms with Gasteiger partial charge in [-0.05, 0) is 6.92 Å². The van der Waals surface area contributed by atoms with E-state index in [9.17, 15) is 4.79 Å². The molecule has 4 nitrogen and oxygen atoms in total. The van der Waals surface area contributed by atoms with Gasteiger partial charge in [-0.15, -0.1) is 0 Å². The molecule has 0 aromatic carbocycles. The van der Waals surface area contributed by atoms with E-state index in [2.05, 4.69) is 4.42 Å². The molecule has 4 heteroatoms. The van der Waals surface area contributed by atoms with E-state index in [1.807, 2.05) is 0 Å². The molecule has 0 amide bonds. The van der Waals surface area contributed by atoms with Gasteiger partial charge in [0.2, 0.25) is 0 Å². The van der Waals surface area contributed by atoms with Gasteiger partial charge < -0.3 is 9.52 Å². The Kier molecular flexibility index (Phi) is 1.09. The Hall–Kier alpha value is -1.19. The maximum absolute atomic E-state index is 10.5. The molecule has 0 atom stereocenters. The second-order valence-corrected chi connectivity index (χ2v) is 1.82. The van der Waals surface area contributed by atoms with Crippen molar-refractivity contribution < 1.29 is 9.52 Å². The first-order valence-corrected chi connectivity index (χ1v) is 2.48. The van der Waals surface area contributed by atoms with Crippen molar-refractivity contribution in [3.8, 4) is 5.95 Å². The van der Waals surface area contributed by atoms with Crippen LogP contribution in [0.1, 0.15) is 5.69 Å². The van der Waals surface area contributed by atoms with Crippen molar-refractivity contribution in [3.05, 3.63) is 16.2 Å². The Bertz CT molecular complexity index is 270. The number of hydrogen-bond acceptors (Lipinski definition) is 3. The highest BCUT2D eigenvalue weighted by atomic mass is 16.5. The Morgan fingerprint density at radius 2 is 2.22 bits per heavy atom. The standard InChI is InChI=1S/C5H7NO3/c1-3-4(7)9-5(8)6(3)2/h7H,1-2H3. The van der Waals surface area contributed by atoms with E-state index in [0.29, 0.717) is 5.69 Å². The van der Waals surface area contributed by atoms with E-state index >= 15 is 0 Å². The lowest BCUT2D eigenvalue weighted by Crippen LogP contribution is -2.09. The Balaban J connectivity index is 3.47. The van der Waals surface area contributed by atoms with Crippen molar-refractivity contribution in [1.82, 2.24) is 4.57 Å². The molecule has 0 unspecified atom stereocenters. The summed E-state index contributed by atoms with van der Waals surface area (Å²) in [5.41, 5.74) is 0.444. The molecule has 50 valence electrons. The van der Waals surface area contributed by atoms with Crippen LogP contribution in [0.5, 0.6) is 5.95 Å². The van der Waals surface area contributed by atoms with Crippen molar-refractivity contribution in [1.29, 1.82) is 0 Å². The number of hydrogen-bond donors (Lipinski definition) is 1. The lowest BCUT2D eigenvalue weighted by Gasteiger charge is -1.86. The third kappa shape index (κ3) is 0.718. The summed E-state index contributed by atoms with van der Waals surface area (Å²) < 4.78 is 5.54. The lowest BCUT2D eigenvalue weighted by atomic mass is 10.5. The summed E-state index contributed by atoms with van der Waals surface area (Å²) in [6, 6.07) is 0. The molecule has 0 saturated carbocycles. The van der Waals surface area contributed by atoms with Crippen LogP contribution in [0.4, 0.5) is 0 Å². The molecule has 1 N–H and O–H groups in total. The zero-order valence-electron chi connectivity index (χ0n) is 5.21. The van der Waals surface area contributed by atoms with Crippen molar-refractivity contribution in [2.45, 2.75) is 6.92 Å². The molecule has 0 radical (unpaired) electrons. The van der Waals surface area contributed by atoms with Crippen molar-refractivity contribution in [3.63, 3.8) is 0 Å². The zero-order valence-corrected chi connectivity index (χ0v) is 5.21. The minimum atomic E-state index is -0.537. The van der Waals surface area contributed by atoms with Gasteiger partial charge in [0.05, 0.1) is 0 Å². The largest absolute Gasteiger partial charge is 0.479 e. The van der Waals surface area contributed by atoms with E-state index in [1.165, 1.54) is 11.6 Å². The van der Waals surface area contributed by atoms with Gasteiger partial charge in [-0.1, -0.05) is 0 Å². The van der Waals surface area contributed by atoms with Crippen LogP contribution in [-0.2, 0) is 7.05 Å². The number of aromatic hydroxyl groups is 1. The van der Waals surface area contributed by atoms with Crippen LogP contribution in [0.15, 0.2) is 9.21 Å². The van der Waals surface area contributed by atoms with Gasteiger partial charge in [0.15, 0.2) is 0 Å². The van der Waals surface area contributed by atoms with Gasteiger partial charge >= 0.3 is 11.7 Å². The molecule has 0 aliphatic heterocycles. The molecule has 0 spiro atoms. The molecule has 9 heavy (non-hydrogen) atoms. The smallest absolute Gasteiger partial charge is 0.421 e. The van der Waals surface area contributed by atoms with Gasteiger partial charge in [-0.25, -0.2) is 4.79 Å². The summed E-state index contributed by atoms with van der Waals surface area (Å²) in [6.07, 6.45) is 0. The Morgan fingerprint density at radius 3 is 2.33 bits per heavy atom. The van der Waals surface area contributed by atoms with Crippen LogP contribution in [0.2, 0.25) is 0 Å². The Labute approximate surface area is 51.3 Å². The quantitative estimate of drug-likeness (QED) is 0.536.